The Kier molecular flexibility index (Phi) is 3.91. The molecule has 0 amide bonds. The van der Waals surface area contributed by atoms with E-state index in [9.17, 15) is 0 Å². The van der Waals surface area contributed by atoms with E-state index in [0.29, 0.717) is 0 Å². The number of nitrogens with zero attached hydrogens (tertiary/aromatic N) is 1. The minimum Gasteiger partial charge on any atom is -0.398 e. The lowest BCUT2D eigenvalue weighted by Crippen LogP contribution is -2.02. The Balaban J connectivity index is 2.54. The number of nitrogens with two attached hydrogens (primary N) is 1. The Bertz CT molecular complexity index is 547. The summed E-state index contributed by atoms with van der Waals surface area (Å²) in [6.45, 7) is 2.12. The van der Waals surface area contributed by atoms with Gasteiger partial charge in [-0.1, -0.05) is 6.92 Å². The van der Waals surface area contributed by atoms with Gasteiger partial charge in [-0.15, -0.1) is 11.8 Å². The average Bonchev–Trinajstić information content (AvgIpc) is 2.33. The number of anilines is 1. The molecule has 90 valence electrons. The zero-order valence-electron chi connectivity index (χ0n) is 9.35. The summed E-state index contributed by atoms with van der Waals surface area (Å²) < 4.78 is 0.911. The number of aromatic nitrogens is 1. The van der Waals surface area contributed by atoms with E-state index in [1.807, 2.05) is 25.1 Å². The van der Waals surface area contributed by atoms with Gasteiger partial charge < -0.3 is 10.8 Å². The molecule has 17 heavy (non-hydrogen) atoms. The minimum absolute atomic E-state index is 0.146. The predicted octanol–water partition coefficient (Wildman–Crippen LogP) is 3.05. The lowest BCUT2D eigenvalue weighted by molar-refractivity contribution is 0.300. The van der Waals surface area contributed by atoms with Gasteiger partial charge in [-0.3, -0.25) is 4.98 Å². The summed E-state index contributed by atoms with van der Waals surface area (Å²) in [5, 5.41) is 10.2. The van der Waals surface area contributed by atoms with Crippen molar-refractivity contribution in [2.75, 3.05) is 12.3 Å². The van der Waals surface area contributed by atoms with Gasteiger partial charge in [0, 0.05) is 31.9 Å². The number of pyridine rings is 1. The fourth-order valence-electron chi connectivity index (χ4n) is 1.54. The standard InChI is InChI=1S/C12H13BrN2OS/c1-7(6-16)17-11-3-2-10(14)9-4-8(13)5-15-12(9)11/h2-5,7,16H,6,14H2,1H3. The SMILES string of the molecule is CC(CO)Sc1ccc(N)c2cc(Br)cnc12. The lowest BCUT2D eigenvalue weighted by atomic mass is 10.2. The maximum Gasteiger partial charge on any atom is 0.0859 e. The Hall–Kier alpha value is -0.780. The fraction of sp³-hybridized carbons (Fsp3) is 0.250. The van der Waals surface area contributed by atoms with Crippen LogP contribution in [0.5, 0.6) is 0 Å². The quantitative estimate of drug-likeness (QED) is 0.675. The van der Waals surface area contributed by atoms with Crippen LogP contribution in [0.3, 0.4) is 0 Å². The maximum absolute atomic E-state index is 9.09. The number of hydrogen-bond donors (Lipinski definition) is 2. The van der Waals surface area contributed by atoms with Gasteiger partial charge in [0.05, 0.1) is 12.1 Å². The van der Waals surface area contributed by atoms with E-state index in [4.69, 9.17) is 10.8 Å². The number of benzene rings is 1. The number of halogens is 1. The van der Waals surface area contributed by atoms with E-state index in [1.165, 1.54) is 0 Å². The third-order valence-corrected chi connectivity index (χ3v) is 3.97. The molecule has 1 aromatic heterocycles. The van der Waals surface area contributed by atoms with Crippen LogP contribution in [0.25, 0.3) is 10.9 Å². The van der Waals surface area contributed by atoms with Crippen LogP contribution in [0.15, 0.2) is 33.8 Å². The maximum atomic E-state index is 9.09. The second-order valence-corrected chi connectivity index (χ2v) is 6.21. The first-order chi connectivity index (χ1) is 8.11. The number of thioether (sulfide) groups is 1. The van der Waals surface area contributed by atoms with Crippen LogP contribution in [-0.4, -0.2) is 21.9 Å². The van der Waals surface area contributed by atoms with Crippen molar-refractivity contribution in [3.8, 4) is 0 Å². The molecule has 1 heterocycles. The van der Waals surface area contributed by atoms with Crippen molar-refractivity contribution < 1.29 is 5.11 Å². The third kappa shape index (κ3) is 2.73. The van der Waals surface area contributed by atoms with E-state index >= 15 is 0 Å². The molecule has 0 aliphatic carbocycles. The smallest absolute Gasteiger partial charge is 0.0859 e. The first kappa shape index (κ1) is 12.7. The van der Waals surface area contributed by atoms with Gasteiger partial charge >= 0.3 is 0 Å². The monoisotopic (exact) mass is 312 g/mol. The van der Waals surface area contributed by atoms with Gasteiger partial charge in [0.15, 0.2) is 0 Å². The van der Waals surface area contributed by atoms with E-state index in [1.54, 1.807) is 18.0 Å². The second kappa shape index (κ2) is 5.25. The molecule has 3 nitrogen and oxygen atoms in total. The molecule has 1 aromatic carbocycles. The zero-order chi connectivity index (χ0) is 12.4. The number of rotatable bonds is 3. The van der Waals surface area contributed by atoms with Crippen molar-refractivity contribution in [2.24, 2.45) is 0 Å². The summed E-state index contributed by atoms with van der Waals surface area (Å²) in [7, 11) is 0. The van der Waals surface area contributed by atoms with E-state index in [-0.39, 0.29) is 11.9 Å². The summed E-state index contributed by atoms with van der Waals surface area (Å²) in [6, 6.07) is 5.80. The summed E-state index contributed by atoms with van der Waals surface area (Å²) in [5.74, 6) is 0. The first-order valence-corrected chi connectivity index (χ1v) is 6.90. The van der Waals surface area contributed by atoms with Crippen molar-refractivity contribution in [3.63, 3.8) is 0 Å². The summed E-state index contributed by atoms with van der Waals surface area (Å²) >= 11 is 5.00. The van der Waals surface area contributed by atoms with Gasteiger partial charge in [0.2, 0.25) is 0 Å². The van der Waals surface area contributed by atoms with Crippen molar-refractivity contribution in [3.05, 3.63) is 28.9 Å². The van der Waals surface area contributed by atoms with Crippen molar-refractivity contribution in [1.29, 1.82) is 0 Å². The van der Waals surface area contributed by atoms with Crippen LogP contribution >= 0.6 is 27.7 Å². The highest BCUT2D eigenvalue weighted by Crippen LogP contribution is 2.33. The summed E-state index contributed by atoms with van der Waals surface area (Å²) in [4.78, 5) is 5.44. The van der Waals surface area contributed by atoms with E-state index in [0.717, 1.165) is 26.0 Å². The largest absolute Gasteiger partial charge is 0.398 e. The molecule has 2 rings (SSSR count). The molecule has 0 bridgehead atoms. The van der Waals surface area contributed by atoms with Gasteiger partial charge in [0.1, 0.15) is 0 Å². The van der Waals surface area contributed by atoms with Crippen LogP contribution < -0.4 is 5.73 Å². The van der Waals surface area contributed by atoms with Crippen LogP contribution in [-0.2, 0) is 0 Å². The van der Waals surface area contributed by atoms with Crippen LogP contribution in [0.1, 0.15) is 6.92 Å². The summed E-state index contributed by atoms with van der Waals surface area (Å²) in [5.41, 5.74) is 7.54. The highest BCUT2D eigenvalue weighted by molar-refractivity contribution is 9.10. The molecule has 3 N–H and O–H groups in total. The Labute approximate surface area is 113 Å². The predicted molar refractivity (Wildman–Crippen MR) is 76.3 cm³/mol. The van der Waals surface area contributed by atoms with E-state index in [2.05, 4.69) is 20.9 Å². The number of fused-ring (bicyclic) bond motifs is 1. The van der Waals surface area contributed by atoms with Gasteiger partial charge in [-0.2, -0.15) is 0 Å². The molecule has 0 radical (unpaired) electrons. The van der Waals surface area contributed by atoms with Gasteiger partial charge in [-0.25, -0.2) is 0 Å². The van der Waals surface area contributed by atoms with Crippen LogP contribution in [0.2, 0.25) is 0 Å². The minimum atomic E-state index is 0.146. The zero-order valence-corrected chi connectivity index (χ0v) is 11.8. The van der Waals surface area contributed by atoms with Crippen LogP contribution in [0.4, 0.5) is 5.69 Å². The normalized spacial score (nSPS) is 12.9. The summed E-state index contributed by atoms with van der Waals surface area (Å²) in [6.07, 6.45) is 1.76. The highest BCUT2D eigenvalue weighted by Gasteiger charge is 2.10. The number of nitrogen functional groups attached to an aromatic ring is 1. The molecule has 1 unspecified atom stereocenters. The molecule has 1 atom stereocenters. The van der Waals surface area contributed by atoms with Gasteiger partial charge in [0.25, 0.3) is 0 Å². The first-order valence-electron chi connectivity index (χ1n) is 5.23. The molecule has 0 saturated heterocycles. The fourth-order valence-corrected chi connectivity index (χ4v) is 2.80. The van der Waals surface area contributed by atoms with Crippen molar-refractivity contribution in [1.82, 2.24) is 4.98 Å². The molecular formula is C12H13BrN2OS. The molecule has 2 aromatic rings. The average molecular weight is 313 g/mol. The van der Waals surface area contributed by atoms with E-state index < -0.39 is 0 Å². The molecule has 0 aliphatic rings. The number of hydrogen-bond acceptors (Lipinski definition) is 4. The van der Waals surface area contributed by atoms with Crippen LogP contribution in [0, 0.1) is 0 Å². The molecule has 5 heteroatoms. The highest BCUT2D eigenvalue weighted by atomic mass is 79.9. The Morgan fingerprint density at radius 1 is 1.53 bits per heavy atom. The molecular weight excluding hydrogens is 300 g/mol. The number of aliphatic hydroxyl groups is 1. The lowest BCUT2D eigenvalue weighted by Gasteiger charge is -2.11. The van der Waals surface area contributed by atoms with Crippen molar-refractivity contribution >= 4 is 44.3 Å². The second-order valence-electron chi connectivity index (χ2n) is 3.81. The molecule has 0 saturated carbocycles. The van der Waals surface area contributed by atoms with Gasteiger partial charge in [-0.05, 0) is 34.1 Å². The topological polar surface area (TPSA) is 59.1 Å². The van der Waals surface area contributed by atoms with Crippen molar-refractivity contribution in [2.45, 2.75) is 17.1 Å². The Morgan fingerprint density at radius 3 is 3.00 bits per heavy atom. The third-order valence-electron chi connectivity index (χ3n) is 2.40. The number of aliphatic hydroxyl groups excluding tert-OH is 1. The molecule has 0 spiro atoms. The molecule has 0 fully saturated rings. The molecule has 0 aliphatic heterocycles. The Morgan fingerprint density at radius 2 is 2.29 bits per heavy atom.